The summed E-state index contributed by atoms with van der Waals surface area (Å²) in [5, 5.41) is 3.66. The molecule has 1 saturated heterocycles. The zero-order valence-electron chi connectivity index (χ0n) is 12.4. The number of hydrogen-bond acceptors (Lipinski definition) is 1. The van der Waals surface area contributed by atoms with Crippen molar-refractivity contribution in [1.82, 2.24) is 0 Å². The summed E-state index contributed by atoms with van der Waals surface area (Å²) in [5.74, 6) is 1.90. The van der Waals surface area contributed by atoms with Crippen molar-refractivity contribution in [3.05, 3.63) is 29.3 Å². The summed E-state index contributed by atoms with van der Waals surface area (Å²) in [7, 11) is 0. The fourth-order valence-corrected chi connectivity index (χ4v) is 4.05. The van der Waals surface area contributed by atoms with Crippen molar-refractivity contribution in [3.63, 3.8) is 0 Å². The molecule has 0 aromatic heterocycles. The fraction of sp³-hybridized carbons (Fsp3) is 0.588. The lowest BCUT2D eigenvalue weighted by Gasteiger charge is -2.38. The molecule has 1 saturated carbocycles. The van der Waals surface area contributed by atoms with Gasteiger partial charge in [-0.15, -0.1) is 0 Å². The van der Waals surface area contributed by atoms with Crippen LogP contribution in [0.1, 0.15) is 32.1 Å². The summed E-state index contributed by atoms with van der Waals surface area (Å²) < 4.78 is 0. The molecule has 0 bridgehead atoms. The average Bonchev–Trinajstić information content (AvgIpc) is 2.49. The number of quaternary nitrogens is 1. The minimum absolute atomic E-state index is 0.113. The third-order valence-electron chi connectivity index (χ3n) is 5.02. The zero-order valence-corrected chi connectivity index (χ0v) is 13.2. The number of amides is 1. The zero-order chi connectivity index (χ0) is 14.7. The molecule has 4 heteroatoms. The minimum atomic E-state index is 0.113. The largest absolute Gasteiger partial charge is 0.327 e. The maximum absolute atomic E-state index is 12.2. The molecule has 3 nitrogen and oxygen atoms in total. The van der Waals surface area contributed by atoms with Gasteiger partial charge in [-0.25, -0.2) is 0 Å². The lowest BCUT2D eigenvalue weighted by atomic mass is 9.75. The van der Waals surface area contributed by atoms with Crippen molar-refractivity contribution in [3.8, 4) is 0 Å². The van der Waals surface area contributed by atoms with Gasteiger partial charge in [0.1, 0.15) is 0 Å². The van der Waals surface area contributed by atoms with Crippen LogP contribution < -0.4 is 10.2 Å². The van der Waals surface area contributed by atoms with Crippen LogP contribution in [0, 0.1) is 11.8 Å². The second kappa shape index (κ2) is 6.80. The van der Waals surface area contributed by atoms with Gasteiger partial charge < -0.3 is 10.2 Å². The van der Waals surface area contributed by atoms with Crippen molar-refractivity contribution < 1.29 is 9.69 Å². The number of rotatable bonds is 3. The molecule has 1 aliphatic carbocycles. The molecular formula is C17H24ClN2O+. The molecule has 1 aromatic rings. The van der Waals surface area contributed by atoms with Gasteiger partial charge in [-0.3, -0.25) is 4.79 Å². The number of piperidine rings is 1. The Bertz CT molecular complexity index is 488. The molecule has 21 heavy (non-hydrogen) atoms. The van der Waals surface area contributed by atoms with E-state index in [1.54, 1.807) is 12.1 Å². The van der Waals surface area contributed by atoms with Gasteiger partial charge in [0.15, 0.2) is 6.54 Å². The number of benzene rings is 1. The van der Waals surface area contributed by atoms with Crippen LogP contribution >= 0.6 is 11.6 Å². The van der Waals surface area contributed by atoms with Crippen LogP contribution in [0.5, 0.6) is 0 Å². The summed E-state index contributed by atoms with van der Waals surface area (Å²) in [6.07, 6.45) is 6.87. The van der Waals surface area contributed by atoms with Crippen LogP contribution in [-0.2, 0) is 4.79 Å². The number of halogens is 1. The van der Waals surface area contributed by atoms with Gasteiger partial charge in [0.05, 0.1) is 13.1 Å². The topological polar surface area (TPSA) is 33.5 Å². The van der Waals surface area contributed by atoms with Crippen LogP contribution in [0.2, 0.25) is 5.02 Å². The van der Waals surface area contributed by atoms with E-state index in [0.717, 1.165) is 24.1 Å². The lowest BCUT2D eigenvalue weighted by Crippen LogP contribution is -3.15. The molecule has 0 radical (unpaired) electrons. The molecule has 3 atom stereocenters. The highest BCUT2D eigenvalue weighted by atomic mass is 35.5. The highest BCUT2D eigenvalue weighted by Gasteiger charge is 2.34. The first-order valence-corrected chi connectivity index (χ1v) is 8.47. The molecule has 1 unspecified atom stereocenters. The first kappa shape index (κ1) is 14.9. The third kappa shape index (κ3) is 3.98. The number of likely N-dealkylation sites (tertiary alicyclic amines) is 1. The van der Waals surface area contributed by atoms with Gasteiger partial charge in [0.25, 0.3) is 5.91 Å². The predicted octanol–water partition coefficient (Wildman–Crippen LogP) is 2.37. The normalized spacial score (nSPS) is 28.7. The number of carbonyl (C=O) groups excluding carboxylic acids is 1. The van der Waals surface area contributed by atoms with Gasteiger partial charge in [-0.2, -0.15) is 0 Å². The van der Waals surface area contributed by atoms with E-state index in [4.69, 9.17) is 11.6 Å². The van der Waals surface area contributed by atoms with E-state index in [9.17, 15) is 4.79 Å². The van der Waals surface area contributed by atoms with E-state index in [1.165, 1.54) is 43.5 Å². The molecule has 2 aliphatic rings. The minimum Gasteiger partial charge on any atom is -0.327 e. The Morgan fingerprint density at radius 1 is 1.14 bits per heavy atom. The highest BCUT2D eigenvalue weighted by molar-refractivity contribution is 6.30. The second-order valence-electron chi connectivity index (χ2n) is 6.53. The Hall–Kier alpha value is -1.06. The Morgan fingerprint density at radius 3 is 2.62 bits per heavy atom. The first-order valence-electron chi connectivity index (χ1n) is 8.10. The van der Waals surface area contributed by atoms with Crippen molar-refractivity contribution in [1.29, 1.82) is 0 Å². The Kier molecular flexibility index (Phi) is 4.81. The molecule has 1 aromatic carbocycles. The van der Waals surface area contributed by atoms with Gasteiger partial charge in [0, 0.05) is 16.6 Å². The standard InChI is InChI=1S/C17H23ClN2O/c18-15-5-7-16(8-6-15)19-17(21)12-20-10-9-13-3-1-2-4-14(13)11-20/h5-8,13-14H,1-4,9-12H2,(H,19,21)/p+1/t13-,14-/m1/s1. The molecule has 114 valence electrons. The SMILES string of the molecule is O=C(C[NH+]1CC[C@H]2CCCC[C@@H]2C1)Nc1ccc(Cl)cc1. The van der Waals surface area contributed by atoms with E-state index in [1.807, 2.05) is 12.1 Å². The van der Waals surface area contributed by atoms with Crippen LogP contribution in [0.25, 0.3) is 0 Å². The number of fused-ring (bicyclic) bond motifs is 1. The number of anilines is 1. The molecule has 3 rings (SSSR count). The molecule has 2 N–H and O–H groups in total. The van der Waals surface area contributed by atoms with Crippen LogP contribution in [0.3, 0.4) is 0 Å². The predicted molar refractivity (Wildman–Crippen MR) is 85.7 cm³/mol. The van der Waals surface area contributed by atoms with Gasteiger partial charge in [0.2, 0.25) is 0 Å². The Labute approximate surface area is 131 Å². The maximum Gasteiger partial charge on any atom is 0.279 e. The first-order chi connectivity index (χ1) is 10.2. The maximum atomic E-state index is 12.2. The van der Waals surface area contributed by atoms with Gasteiger partial charge in [-0.05, 0) is 49.4 Å². The average molecular weight is 308 g/mol. The van der Waals surface area contributed by atoms with E-state index < -0.39 is 0 Å². The highest BCUT2D eigenvalue weighted by Crippen LogP contribution is 2.32. The van der Waals surface area contributed by atoms with E-state index in [0.29, 0.717) is 11.6 Å². The van der Waals surface area contributed by atoms with Crippen molar-refractivity contribution >= 4 is 23.2 Å². The summed E-state index contributed by atoms with van der Waals surface area (Å²) in [6.45, 7) is 2.92. The lowest BCUT2D eigenvalue weighted by molar-refractivity contribution is -0.902. The Balaban J connectivity index is 1.49. The van der Waals surface area contributed by atoms with Crippen molar-refractivity contribution in [2.24, 2.45) is 11.8 Å². The number of nitrogens with one attached hydrogen (secondary N) is 2. The van der Waals surface area contributed by atoms with Gasteiger partial charge >= 0.3 is 0 Å². The smallest absolute Gasteiger partial charge is 0.279 e. The summed E-state index contributed by atoms with van der Waals surface area (Å²) >= 11 is 5.85. The molecular weight excluding hydrogens is 284 g/mol. The number of hydrogen-bond donors (Lipinski definition) is 2. The third-order valence-corrected chi connectivity index (χ3v) is 5.28. The van der Waals surface area contributed by atoms with Crippen LogP contribution in [0.15, 0.2) is 24.3 Å². The second-order valence-corrected chi connectivity index (χ2v) is 6.97. The van der Waals surface area contributed by atoms with E-state index in [-0.39, 0.29) is 5.91 Å². The van der Waals surface area contributed by atoms with Crippen molar-refractivity contribution in [2.45, 2.75) is 32.1 Å². The summed E-state index contributed by atoms with van der Waals surface area (Å²) in [4.78, 5) is 13.6. The van der Waals surface area contributed by atoms with Gasteiger partial charge in [-0.1, -0.05) is 24.4 Å². The van der Waals surface area contributed by atoms with E-state index in [2.05, 4.69) is 5.32 Å². The molecule has 1 heterocycles. The summed E-state index contributed by atoms with van der Waals surface area (Å²) in [5.41, 5.74) is 0.830. The van der Waals surface area contributed by atoms with Crippen LogP contribution in [-0.4, -0.2) is 25.5 Å². The van der Waals surface area contributed by atoms with Crippen LogP contribution in [0.4, 0.5) is 5.69 Å². The molecule has 1 amide bonds. The quantitative estimate of drug-likeness (QED) is 0.883. The molecule has 0 spiro atoms. The van der Waals surface area contributed by atoms with Crippen molar-refractivity contribution in [2.75, 3.05) is 25.0 Å². The fourth-order valence-electron chi connectivity index (χ4n) is 3.92. The molecule has 2 fully saturated rings. The number of carbonyl (C=O) groups is 1. The Morgan fingerprint density at radius 2 is 1.86 bits per heavy atom. The summed E-state index contributed by atoms with van der Waals surface area (Å²) in [6, 6.07) is 7.31. The van der Waals surface area contributed by atoms with E-state index >= 15 is 0 Å². The monoisotopic (exact) mass is 307 g/mol. The molecule has 1 aliphatic heterocycles.